The van der Waals surface area contributed by atoms with Crippen molar-refractivity contribution in [2.75, 3.05) is 0 Å². The SMILES string of the molecule is Cc1cc(I)cc2c(=O)oc(-c3cc(Br)nn3-c3cccc(Cl)n3)nc12. The molecule has 0 fully saturated rings. The summed E-state index contributed by atoms with van der Waals surface area (Å²) in [7, 11) is 0. The molecule has 6 nitrogen and oxygen atoms in total. The Morgan fingerprint density at radius 1 is 1.23 bits per heavy atom. The summed E-state index contributed by atoms with van der Waals surface area (Å²) >= 11 is 11.5. The first-order valence-electron chi connectivity index (χ1n) is 7.42. The number of halogens is 3. The molecule has 26 heavy (non-hydrogen) atoms. The maximum Gasteiger partial charge on any atom is 0.347 e. The molecule has 0 aliphatic rings. The lowest BCUT2D eigenvalue weighted by atomic mass is 10.1. The van der Waals surface area contributed by atoms with Gasteiger partial charge in [0.25, 0.3) is 0 Å². The lowest BCUT2D eigenvalue weighted by Gasteiger charge is -2.07. The highest BCUT2D eigenvalue weighted by Gasteiger charge is 2.18. The van der Waals surface area contributed by atoms with Crippen LogP contribution in [0.4, 0.5) is 0 Å². The number of pyridine rings is 1. The van der Waals surface area contributed by atoms with Gasteiger partial charge in [0, 0.05) is 9.64 Å². The third-order valence-corrected chi connectivity index (χ3v) is 4.92. The Morgan fingerprint density at radius 3 is 2.81 bits per heavy atom. The quantitative estimate of drug-likeness (QED) is 0.269. The number of nitrogens with zero attached hydrogens (tertiary/aromatic N) is 4. The van der Waals surface area contributed by atoms with Gasteiger partial charge < -0.3 is 4.42 Å². The number of fused-ring (bicyclic) bond motifs is 1. The Balaban J connectivity index is 1.99. The van der Waals surface area contributed by atoms with Crippen molar-refractivity contribution in [2.24, 2.45) is 0 Å². The summed E-state index contributed by atoms with van der Waals surface area (Å²) in [5.74, 6) is 0.647. The Hall–Kier alpha value is -1.78. The number of hydrogen-bond donors (Lipinski definition) is 0. The fourth-order valence-corrected chi connectivity index (χ4v) is 3.92. The first kappa shape index (κ1) is 17.6. The molecule has 130 valence electrons. The van der Waals surface area contributed by atoms with Gasteiger partial charge >= 0.3 is 5.63 Å². The predicted molar refractivity (Wildman–Crippen MR) is 111 cm³/mol. The van der Waals surface area contributed by atoms with E-state index in [2.05, 4.69) is 53.6 Å². The van der Waals surface area contributed by atoms with E-state index in [9.17, 15) is 4.79 Å². The smallest absolute Gasteiger partial charge is 0.347 e. The molecule has 0 radical (unpaired) electrons. The van der Waals surface area contributed by atoms with Crippen LogP contribution < -0.4 is 5.63 Å². The Bertz CT molecular complexity index is 1220. The minimum absolute atomic E-state index is 0.159. The largest absolute Gasteiger partial charge is 0.401 e. The normalized spacial score (nSPS) is 11.2. The summed E-state index contributed by atoms with van der Waals surface area (Å²) in [6.07, 6.45) is 0. The highest BCUT2D eigenvalue weighted by molar-refractivity contribution is 14.1. The van der Waals surface area contributed by atoms with Crippen molar-refractivity contribution < 1.29 is 4.42 Å². The second-order valence-electron chi connectivity index (χ2n) is 5.51. The third-order valence-electron chi connectivity index (χ3n) is 3.70. The Morgan fingerprint density at radius 2 is 2.04 bits per heavy atom. The third kappa shape index (κ3) is 3.17. The topological polar surface area (TPSA) is 73.8 Å². The van der Waals surface area contributed by atoms with Crippen LogP contribution in [0, 0.1) is 10.5 Å². The molecule has 4 rings (SSSR count). The van der Waals surface area contributed by atoms with E-state index in [-0.39, 0.29) is 5.89 Å². The second kappa shape index (κ2) is 6.75. The maximum absolute atomic E-state index is 12.5. The van der Waals surface area contributed by atoms with E-state index in [1.54, 1.807) is 30.3 Å². The summed E-state index contributed by atoms with van der Waals surface area (Å²) < 4.78 is 8.51. The van der Waals surface area contributed by atoms with E-state index in [1.165, 1.54) is 4.68 Å². The average molecular weight is 544 g/mol. The zero-order valence-electron chi connectivity index (χ0n) is 13.2. The molecule has 0 spiro atoms. The van der Waals surface area contributed by atoms with Gasteiger partial charge in [-0.3, -0.25) is 0 Å². The standard InChI is InChI=1S/C17H9BrClIN4O2/c1-8-5-9(20)6-10-15(8)22-16(26-17(10)25)11-7-12(18)23-24(11)14-4-2-3-13(19)21-14/h2-7H,1H3. The van der Waals surface area contributed by atoms with Crippen molar-refractivity contribution in [1.82, 2.24) is 19.7 Å². The van der Waals surface area contributed by atoms with Gasteiger partial charge in [-0.2, -0.15) is 5.10 Å². The molecule has 9 heteroatoms. The van der Waals surface area contributed by atoms with E-state index in [4.69, 9.17) is 16.0 Å². The number of aryl methyl sites for hydroxylation is 1. The van der Waals surface area contributed by atoms with Crippen LogP contribution in [0.1, 0.15) is 5.56 Å². The Kier molecular flexibility index (Phi) is 4.57. The van der Waals surface area contributed by atoms with Crippen LogP contribution in [0.2, 0.25) is 5.15 Å². The van der Waals surface area contributed by atoms with Crippen molar-refractivity contribution in [2.45, 2.75) is 6.92 Å². The van der Waals surface area contributed by atoms with E-state index >= 15 is 0 Å². The molecule has 0 amide bonds. The minimum atomic E-state index is -0.449. The number of rotatable bonds is 2. The van der Waals surface area contributed by atoms with Crippen LogP contribution in [-0.2, 0) is 0 Å². The molecule has 0 aliphatic carbocycles. The molecule has 4 aromatic rings. The molecule has 0 atom stereocenters. The highest BCUT2D eigenvalue weighted by atomic mass is 127. The number of benzene rings is 1. The van der Waals surface area contributed by atoms with Crippen molar-refractivity contribution in [1.29, 1.82) is 0 Å². The summed E-state index contributed by atoms with van der Waals surface area (Å²) in [6.45, 7) is 1.91. The van der Waals surface area contributed by atoms with Gasteiger partial charge in [-0.1, -0.05) is 17.7 Å². The van der Waals surface area contributed by atoms with Crippen molar-refractivity contribution in [3.8, 4) is 17.4 Å². The van der Waals surface area contributed by atoms with Gasteiger partial charge in [0.05, 0.1) is 10.9 Å². The van der Waals surface area contributed by atoms with E-state index < -0.39 is 5.63 Å². The summed E-state index contributed by atoms with van der Waals surface area (Å²) in [6, 6.07) is 10.6. The van der Waals surface area contributed by atoms with Gasteiger partial charge in [-0.15, -0.1) is 0 Å². The molecular weight excluding hydrogens is 534 g/mol. The second-order valence-corrected chi connectivity index (χ2v) is 7.95. The van der Waals surface area contributed by atoms with Crippen molar-refractivity contribution in [3.05, 3.63) is 65.7 Å². The zero-order chi connectivity index (χ0) is 18.4. The number of hydrogen-bond acceptors (Lipinski definition) is 5. The van der Waals surface area contributed by atoms with Crippen molar-refractivity contribution in [3.63, 3.8) is 0 Å². The molecule has 0 bridgehead atoms. The molecule has 0 N–H and O–H groups in total. The lowest BCUT2D eigenvalue weighted by molar-refractivity contribution is 0.513. The van der Waals surface area contributed by atoms with Crippen LogP contribution in [0.15, 0.2) is 50.2 Å². The first-order chi connectivity index (χ1) is 12.4. The van der Waals surface area contributed by atoms with Gasteiger partial charge in [0.1, 0.15) is 15.5 Å². The predicted octanol–water partition coefficient (Wildman–Crippen LogP) is 4.76. The molecule has 3 aromatic heterocycles. The lowest BCUT2D eigenvalue weighted by Crippen LogP contribution is -2.08. The van der Waals surface area contributed by atoms with Crippen LogP contribution in [0.25, 0.3) is 28.3 Å². The maximum atomic E-state index is 12.5. The molecule has 0 unspecified atom stereocenters. The molecular formula is C17H9BrClIN4O2. The van der Waals surface area contributed by atoms with Crippen LogP contribution in [-0.4, -0.2) is 19.7 Å². The molecule has 0 aliphatic heterocycles. The summed E-state index contributed by atoms with van der Waals surface area (Å²) in [5, 5.41) is 5.13. The van der Waals surface area contributed by atoms with Gasteiger partial charge in [-0.25, -0.2) is 19.4 Å². The minimum Gasteiger partial charge on any atom is -0.401 e. The van der Waals surface area contributed by atoms with Gasteiger partial charge in [0.15, 0.2) is 5.82 Å². The van der Waals surface area contributed by atoms with Crippen LogP contribution in [0.3, 0.4) is 0 Å². The van der Waals surface area contributed by atoms with Crippen molar-refractivity contribution >= 4 is 61.0 Å². The first-order valence-corrected chi connectivity index (χ1v) is 9.67. The molecule has 0 saturated carbocycles. The fourth-order valence-electron chi connectivity index (χ4n) is 2.61. The van der Waals surface area contributed by atoms with E-state index in [1.807, 2.05) is 13.0 Å². The van der Waals surface area contributed by atoms with Gasteiger partial charge in [0.2, 0.25) is 5.89 Å². The van der Waals surface area contributed by atoms with Crippen LogP contribution >= 0.6 is 50.1 Å². The van der Waals surface area contributed by atoms with E-state index in [0.717, 1.165) is 9.13 Å². The average Bonchev–Trinajstić information content (AvgIpc) is 2.97. The summed E-state index contributed by atoms with van der Waals surface area (Å²) in [5.41, 5.74) is 1.53. The van der Waals surface area contributed by atoms with Gasteiger partial charge in [-0.05, 0) is 75.3 Å². The zero-order valence-corrected chi connectivity index (χ0v) is 17.7. The molecule has 3 heterocycles. The monoisotopic (exact) mass is 542 g/mol. The molecule has 1 aromatic carbocycles. The highest BCUT2D eigenvalue weighted by Crippen LogP contribution is 2.26. The Labute approximate surface area is 174 Å². The fraction of sp³-hybridized carbons (Fsp3) is 0.0588. The number of aromatic nitrogens is 4. The molecule has 0 saturated heterocycles. The van der Waals surface area contributed by atoms with Crippen LogP contribution in [0.5, 0.6) is 0 Å². The van der Waals surface area contributed by atoms with E-state index in [0.29, 0.717) is 32.2 Å². The summed E-state index contributed by atoms with van der Waals surface area (Å²) in [4.78, 5) is 21.3.